The maximum absolute atomic E-state index is 12.5. The quantitative estimate of drug-likeness (QED) is 0.504. The molecule has 4 rings (SSSR count). The van der Waals surface area contributed by atoms with Gasteiger partial charge in [0.05, 0.1) is 6.61 Å². The van der Waals surface area contributed by atoms with E-state index in [2.05, 4.69) is 25.4 Å². The van der Waals surface area contributed by atoms with Gasteiger partial charge in [-0.2, -0.15) is 4.98 Å². The Bertz CT molecular complexity index is 1170. The molecular weight excluding hydrogens is 384 g/mol. The topological polar surface area (TPSA) is 108 Å². The number of nitrogens with zero attached hydrogens (tertiary/aromatic N) is 5. The minimum absolute atomic E-state index is 0.278. The first-order chi connectivity index (χ1) is 14.6. The Morgan fingerprint density at radius 3 is 2.93 bits per heavy atom. The van der Waals surface area contributed by atoms with Gasteiger partial charge in [0, 0.05) is 24.5 Å². The highest BCUT2D eigenvalue weighted by Gasteiger charge is 2.12. The lowest BCUT2D eigenvalue weighted by Crippen LogP contribution is -2.23. The van der Waals surface area contributed by atoms with Crippen LogP contribution in [0.2, 0.25) is 0 Å². The zero-order chi connectivity index (χ0) is 20.9. The fourth-order valence-corrected chi connectivity index (χ4v) is 2.86. The summed E-state index contributed by atoms with van der Waals surface area (Å²) in [5.74, 6) is 2.04. The number of aryl methyl sites for hydroxylation is 1. The van der Waals surface area contributed by atoms with E-state index in [4.69, 9.17) is 9.26 Å². The standard InChI is InChI=1S/C21H20N6O3/c1-3-29-17-6-4-5-15(9-17)11-23-20(28)18-12-27(13-24-18)19-10-16(7-8-22-19)21-25-14(2)26-30-21/h4-10,12-13H,3,11H2,1-2H3,(H,23,28). The van der Waals surface area contributed by atoms with Gasteiger partial charge in [-0.15, -0.1) is 0 Å². The van der Waals surface area contributed by atoms with Crippen molar-refractivity contribution in [2.75, 3.05) is 6.61 Å². The van der Waals surface area contributed by atoms with Crippen molar-refractivity contribution in [3.8, 4) is 23.0 Å². The van der Waals surface area contributed by atoms with Crippen LogP contribution < -0.4 is 10.1 Å². The zero-order valence-electron chi connectivity index (χ0n) is 16.6. The van der Waals surface area contributed by atoms with Crippen LogP contribution in [0.1, 0.15) is 28.8 Å². The van der Waals surface area contributed by atoms with Crippen LogP contribution in [0.3, 0.4) is 0 Å². The Hall–Kier alpha value is -4.01. The molecule has 9 heteroatoms. The summed E-state index contributed by atoms with van der Waals surface area (Å²) in [6, 6.07) is 11.2. The molecule has 9 nitrogen and oxygen atoms in total. The van der Waals surface area contributed by atoms with Crippen molar-refractivity contribution in [1.82, 2.24) is 30.0 Å². The van der Waals surface area contributed by atoms with Crippen LogP contribution in [0.5, 0.6) is 5.75 Å². The fraction of sp³-hybridized carbons (Fsp3) is 0.190. The predicted octanol–water partition coefficient (Wildman–Crippen LogP) is 2.95. The number of ether oxygens (including phenoxy) is 1. The summed E-state index contributed by atoms with van der Waals surface area (Å²) >= 11 is 0. The van der Waals surface area contributed by atoms with Crippen LogP contribution in [-0.2, 0) is 6.54 Å². The van der Waals surface area contributed by atoms with Gasteiger partial charge in [-0.3, -0.25) is 9.36 Å². The molecule has 152 valence electrons. The smallest absolute Gasteiger partial charge is 0.271 e. The van der Waals surface area contributed by atoms with Crippen molar-refractivity contribution < 1.29 is 14.1 Å². The minimum Gasteiger partial charge on any atom is -0.494 e. The average Bonchev–Trinajstić information content (AvgIpc) is 3.42. The van der Waals surface area contributed by atoms with E-state index in [-0.39, 0.29) is 11.6 Å². The third-order valence-electron chi connectivity index (χ3n) is 4.26. The second kappa shape index (κ2) is 8.56. The van der Waals surface area contributed by atoms with E-state index in [0.717, 1.165) is 16.9 Å². The van der Waals surface area contributed by atoms with E-state index in [1.807, 2.05) is 31.2 Å². The molecule has 0 fully saturated rings. The molecule has 0 atom stereocenters. The van der Waals surface area contributed by atoms with Gasteiger partial charge < -0.3 is 14.6 Å². The number of nitrogens with one attached hydrogen (secondary N) is 1. The Morgan fingerprint density at radius 1 is 1.23 bits per heavy atom. The number of hydrogen-bond acceptors (Lipinski definition) is 7. The maximum Gasteiger partial charge on any atom is 0.271 e. The lowest BCUT2D eigenvalue weighted by molar-refractivity contribution is 0.0946. The molecule has 0 unspecified atom stereocenters. The molecule has 0 aliphatic heterocycles. The third-order valence-corrected chi connectivity index (χ3v) is 4.26. The number of amides is 1. The predicted molar refractivity (Wildman–Crippen MR) is 108 cm³/mol. The molecule has 30 heavy (non-hydrogen) atoms. The lowest BCUT2D eigenvalue weighted by Gasteiger charge is -2.07. The van der Waals surface area contributed by atoms with Crippen molar-refractivity contribution in [3.05, 3.63) is 72.2 Å². The van der Waals surface area contributed by atoms with Crippen molar-refractivity contribution >= 4 is 5.91 Å². The van der Waals surface area contributed by atoms with E-state index >= 15 is 0 Å². The first-order valence-electron chi connectivity index (χ1n) is 9.43. The van der Waals surface area contributed by atoms with Crippen LogP contribution in [-0.4, -0.2) is 37.2 Å². The Morgan fingerprint density at radius 2 is 2.13 bits per heavy atom. The molecule has 3 aromatic heterocycles. The number of rotatable bonds is 7. The first-order valence-corrected chi connectivity index (χ1v) is 9.43. The first kappa shape index (κ1) is 19.3. The van der Waals surface area contributed by atoms with Crippen molar-refractivity contribution in [2.45, 2.75) is 20.4 Å². The lowest BCUT2D eigenvalue weighted by atomic mass is 10.2. The minimum atomic E-state index is -0.278. The molecule has 1 amide bonds. The second-order valence-electron chi connectivity index (χ2n) is 6.48. The highest BCUT2D eigenvalue weighted by atomic mass is 16.5. The molecule has 0 radical (unpaired) electrons. The van der Waals surface area contributed by atoms with E-state index in [1.165, 1.54) is 6.33 Å². The summed E-state index contributed by atoms with van der Waals surface area (Å²) in [4.78, 5) is 25.2. The van der Waals surface area contributed by atoms with E-state index < -0.39 is 0 Å². The summed E-state index contributed by atoms with van der Waals surface area (Å²) in [5.41, 5.74) is 1.96. The van der Waals surface area contributed by atoms with E-state index in [0.29, 0.717) is 30.7 Å². The van der Waals surface area contributed by atoms with Gasteiger partial charge in [0.25, 0.3) is 11.8 Å². The number of aromatic nitrogens is 5. The van der Waals surface area contributed by atoms with Gasteiger partial charge in [-0.1, -0.05) is 17.3 Å². The molecule has 0 saturated carbocycles. The van der Waals surface area contributed by atoms with Gasteiger partial charge in [-0.25, -0.2) is 9.97 Å². The molecule has 4 aromatic rings. The average molecular weight is 404 g/mol. The van der Waals surface area contributed by atoms with Crippen molar-refractivity contribution in [2.24, 2.45) is 0 Å². The van der Waals surface area contributed by atoms with Gasteiger partial charge in [0.1, 0.15) is 23.6 Å². The molecule has 1 N–H and O–H groups in total. The maximum atomic E-state index is 12.5. The fourth-order valence-electron chi connectivity index (χ4n) is 2.86. The van der Waals surface area contributed by atoms with Crippen molar-refractivity contribution in [1.29, 1.82) is 0 Å². The highest BCUT2D eigenvalue weighted by Crippen LogP contribution is 2.19. The summed E-state index contributed by atoms with van der Waals surface area (Å²) in [7, 11) is 0. The summed E-state index contributed by atoms with van der Waals surface area (Å²) < 4.78 is 12.3. The zero-order valence-corrected chi connectivity index (χ0v) is 16.6. The SMILES string of the molecule is CCOc1cccc(CNC(=O)c2cn(-c3cc(-c4nc(C)no4)ccn3)cn2)c1. The van der Waals surface area contributed by atoms with Crippen molar-refractivity contribution in [3.63, 3.8) is 0 Å². The number of carbonyl (C=O) groups is 1. The van der Waals surface area contributed by atoms with Crippen LogP contribution in [0.4, 0.5) is 0 Å². The number of pyridine rings is 1. The number of hydrogen-bond donors (Lipinski definition) is 1. The number of carbonyl (C=O) groups excluding carboxylic acids is 1. The number of imidazole rings is 1. The van der Waals surface area contributed by atoms with E-state index in [9.17, 15) is 4.79 Å². The van der Waals surface area contributed by atoms with Crippen LogP contribution in [0.25, 0.3) is 17.3 Å². The normalized spacial score (nSPS) is 10.7. The summed E-state index contributed by atoms with van der Waals surface area (Å²) in [5, 5.41) is 6.66. The van der Waals surface area contributed by atoms with E-state index in [1.54, 1.807) is 36.0 Å². The van der Waals surface area contributed by atoms with Crippen LogP contribution in [0.15, 0.2) is 59.6 Å². The largest absolute Gasteiger partial charge is 0.494 e. The molecule has 0 aliphatic carbocycles. The molecule has 0 saturated heterocycles. The number of benzene rings is 1. The second-order valence-corrected chi connectivity index (χ2v) is 6.48. The van der Waals surface area contributed by atoms with Gasteiger partial charge in [-0.05, 0) is 43.7 Å². The molecular formula is C21H20N6O3. The molecule has 3 heterocycles. The highest BCUT2D eigenvalue weighted by molar-refractivity contribution is 5.92. The Balaban J connectivity index is 1.45. The summed E-state index contributed by atoms with van der Waals surface area (Å²) in [6.07, 6.45) is 4.79. The van der Waals surface area contributed by atoms with Crippen LogP contribution >= 0.6 is 0 Å². The molecule has 0 spiro atoms. The molecule has 0 bridgehead atoms. The third kappa shape index (κ3) is 4.35. The van der Waals surface area contributed by atoms with Gasteiger partial charge in [0.15, 0.2) is 5.82 Å². The monoisotopic (exact) mass is 404 g/mol. The van der Waals surface area contributed by atoms with Gasteiger partial charge >= 0.3 is 0 Å². The summed E-state index contributed by atoms with van der Waals surface area (Å²) in [6.45, 7) is 4.65. The van der Waals surface area contributed by atoms with Crippen LogP contribution in [0, 0.1) is 6.92 Å². The molecule has 1 aromatic carbocycles. The Labute approximate surface area is 172 Å². The molecule has 0 aliphatic rings. The van der Waals surface area contributed by atoms with Gasteiger partial charge in [0.2, 0.25) is 0 Å². The Kier molecular flexibility index (Phi) is 5.51.